The van der Waals surface area contributed by atoms with Gasteiger partial charge in [0.2, 0.25) is 0 Å². The van der Waals surface area contributed by atoms with Gasteiger partial charge in [-0.3, -0.25) is 9.11 Å². The molecule has 0 amide bonds. The van der Waals surface area contributed by atoms with Gasteiger partial charge in [0.15, 0.2) is 0 Å². The molecule has 0 bridgehead atoms. The molecule has 0 aromatic heterocycles. The third-order valence-electron chi connectivity index (χ3n) is 3.55. The second kappa shape index (κ2) is 13.8. The molecule has 0 spiro atoms. The maximum atomic E-state index is 8.74. The van der Waals surface area contributed by atoms with Crippen molar-refractivity contribution in [2.45, 2.75) is 75.3 Å². The van der Waals surface area contributed by atoms with Crippen LogP contribution in [0.5, 0.6) is 0 Å². The van der Waals surface area contributed by atoms with Crippen LogP contribution in [0.1, 0.15) is 72.1 Å². The summed E-state index contributed by atoms with van der Waals surface area (Å²) in [4.78, 5) is 0. The van der Waals surface area contributed by atoms with Crippen LogP contribution in [0.3, 0.4) is 0 Å². The Hall–Kier alpha value is 0.870. The number of hydrogen-bond acceptors (Lipinski definition) is 2. The quantitative estimate of drug-likeness (QED) is 0.497. The van der Waals surface area contributed by atoms with Gasteiger partial charge in [-0.25, -0.2) is 0 Å². The summed E-state index contributed by atoms with van der Waals surface area (Å²) in [6, 6.07) is 0. The van der Waals surface area contributed by atoms with Crippen molar-refractivity contribution < 1.29 is 17.5 Å². The van der Waals surface area contributed by atoms with E-state index in [1.54, 1.807) is 0 Å². The summed E-state index contributed by atoms with van der Waals surface area (Å²) in [5.41, 5.74) is 0. The summed E-state index contributed by atoms with van der Waals surface area (Å²) in [5, 5.41) is 0. The Morgan fingerprint density at radius 3 is 1.79 bits per heavy atom. The van der Waals surface area contributed by atoms with Crippen molar-refractivity contribution >= 4 is 38.3 Å². The molecule has 0 fully saturated rings. The van der Waals surface area contributed by atoms with E-state index in [0.29, 0.717) is 0 Å². The van der Waals surface area contributed by atoms with Crippen molar-refractivity contribution in [2.24, 2.45) is 5.92 Å². The van der Waals surface area contributed by atoms with Gasteiger partial charge < -0.3 is 0 Å². The molecule has 4 nitrogen and oxygen atoms in total. The smallest absolute Gasteiger partial charge is 0.264 e. The van der Waals surface area contributed by atoms with Gasteiger partial charge in [-0.15, -0.1) is 0 Å². The van der Waals surface area contributed by atoms with E-state index in [0.717, 1.165) is 9.09 Å². The molecule has 0 aliphatic carbocycles. The average molecular weight is 304 g/mol. The normalized spacial score (nSPS) is 14.5. The van der Waals surface area contributed by atoms with Crippen molar-refractivity contribution in [1.82, 2.24) is 0 Å². The van der Waals surface area contributed by atoms with Crippen molar-refractivity contribution in [2.75, 3.05) is 0 Å². The minimum atomic E-state index is -4.67. The Balaban J connectivity index is 0. The molecular weight excluding hydrogens is 275 g/mol. The monoisotopic (exact) mass is 304 g/mol. The topological polar surface area (TPSA) is 74.6 Å². The Morgan fingerprint density at radius 1 is 0.947 bits per heavy atom. The molecule has 19 heavy (non-hydrogen) atoms. The number of rotatable bonds is 9. The van der Waals surface area contributed by atoms with Crippen molar-refractivity contribution in [3.05, 3.63) is 0 Å². The van der Waals surface area contributed by atoms with Gasteiger partial charge in [-0.1, -0.05) is 0 Å². The first-order chi connectivity index (χ1) is 8.74. The van der Waals surface area contributed by atoms with Crippen LogP contribution < -0.4 is 0 Å². The predicted molar refractivity (Wildman–Crippen MR) is 81.1 cm³/mol. The molecule has 0 saturated carbocycles. The largest absolute Gasteiger partial charge is 0.394 e. The second-order valence-electron chi connectivity index (χ2n) is 5.31. The van der Waals surface area contributed by atoms with Gasteiger partial charge in [0.25, 0.3) is 0 Å². The maximum Gasteiger partial charge on any atom is 0.394 e. The summed E-state index contributed by atoms with van der Waals surface area (Å²) >= 11 is 1.40. The van der Waals surface area contributed by atoms with Gasteiger partial charge in [0.05, 0.1) is 0 Å². The van der Waals surface area contributed by atoms with E-state index in [2.05, 4.69) is 20.8 Å². The summed E-state index contributed by atoms with van der Waals surface area (Å²) in [5.74, 6) is 1.03. The molecule has 0 saturated heterocycles. The number of unbranched alkanes of at least 4 members (excludes halogenated alkanes) is 1. The van der Waals surface area contributed by atoms with Crippen LogP contribution in [0.4, 0.5) is 0 Å². The van der Waals surface area contributed by atoms with E-state index in [1.165, 1.54) is 79.3 Å². The molecule has 2 N–H and O–H groups in total. The molecular formula is C13H29NaO4S. The van der Waals surface area contributed by atoms with E-state index < -0.39 is 10.4 Å². The zero-order valence-electron chi connectivity index (χ0n) is 12.9. The SMILES string of the molecule is CCCCC(CC)CCC[CH]([Na])CC.O=S(=O)(O)O. The fraction of sp³-hybridized carbons (Fsp3) is 1.00. The molecule has 0 heterocycles. The van der Waals surface area contributed by atoms with E-state index >= 15 is 0 Å². The van der Waals surface area contributed by atoms with E-state index in [4.69, 9.17) is 17.5 Å². The molecule has 0 aromatic carbocycles. The van der Waals surface area contributed by atoms with Crippen LogP contribution in [-0.4, -0.2) is 45.5 Å². The average Bonchev–Trinajstić information content (AvgIpc) is 2.31. The molecule has 0 aliphatic rings. The summed E-state index contributed by atoms with van der Waals surface area (Å²) in [6.45, 7) is 7.00. The fourth-order valence-corrected chi connectivity index (χ4v) is 2.41. The van der Waals surface area contributed by atoms with Crippen molar-refractivity contribution in [1.29, 1.82) is 0 Å². The summed E-state index contributed by atoms with van der Waals surface area (Å²) in [7, 11) is -4.67. The van der Waals surface area contributed by atoms with Gasteiger partial charge >= 0.3 is 120 Å². The minimum Gasteiger partial charge on any atom is -0.264 e. The number of hydrogen-bond donors (Lipinski definition) is 2. The molecule has 112 valence electrons. The van der Waals surface area contributed by atoms with Gasteiger partial charge in [0.1, 0.15) is 0 Å². The van der Waals surface area contributed by atoms with Crippen LogP contribution in [0.25, 0.3) is 0 Å². The van der Waals surface area contributed by atoms with Crippen LogP contribution in [0, 0.1) is 5.92 Å². The van der Waals surface area contributed by atoms with Gasteiger partial charge in [0, 0.05) is 0 Å². The van der Waals surface area contributed by atoms with Gasteiger partial charge in [-0.2, -0.15) is 8.42 Å². The Labute approximate surface area is 136 Å². The van der Waals surface area contributed by atoms with Crippen LogP contribution in [-0.2, 0) is 10.4 Å². The van der Waals surface area contributed by atoms with Crippen LogP contribution >= 0.6 is 0 Å². The zero-order chi connectivity index (χ0) is 15.3. The maximum absolute atomic E-state index is 8.74. The minimum absolute atomic E-state index is 1.03. The Bertz CT molecular complexity index is 272. The van der Waals surface area contributed by atoms with E-state index in [9.17, 15) is 0 Å². The zero-order valence-corrected chi connectivity index (χ0v) is 15.7. The first-order valence-corrected chi connectivity index (χ1v) is 9.99. The Kier molecular flexibility index (Phi) is 16.1. The van der Waals surface area contributed by atoms with E-state index in [-0.39, 0.29) is 0 Å². The summed E-state index contributed by atoms with van der Waals surface area (Å²) < 4.78 is 32.7. The molecule has 0 aliphatic heterocycles. The molecule has 0 aromatic rings. The molecule has 6 heteroatoms. The van der Waals surface area contributed by atoms with Crippen LogP contribution in [0.15, 0.2) is 0 Å². The second-order valence-corrected chi connectivity index (χ2v) is 7.84. The third-order valence-corrected chi connectivity index (χ3v) is 4.94. The first kappa shape index (κ1) is 22.2. The Morgan fingerprint density at radius 2 is 1.42 bits per heavy atom. The molecule has 2 atom stereocenters. The standard InChI is InChI=1S/C13H27.Na.H2O4S/c1-4-7-9-10-12-13(6-3)11-8-5-2;;1-5(2,3)4/h7,13H,4-6,8-12H2,1-3H3;;(H2,1,2,3,4). The van der Waals surface area contributed by atoms with Crippen molar-refractivity contribution in [3.8, 4) is 0 Å². The van der Waals surface area contributed by atoms with E-state index in [1.807, 2.05) is 0 Å². The summed E-state index contributed by atoms with van der Waals surface area (Å²) in [6.07, 6.45) is 11.6. The molecule has 2 unspecified atom stereocenters. The van der Waals surface area contributed by atoms with Crippen LogP contribution in [0.2, 0.25) is 3.17 Å². The van der Waals surface area contributed by atoms with Gasteiger partial charge in [-0.05, 0) is 0 Å². The molecule has 0 radical (unpaired) electrons. The molecule has 0 rings (SSSR count). The fourth-order valence-electron chi connectivity index (χ4n) is 2.00. The first-order valence-electron chi connectivity index (χ1n) is 7.44. The van der Waals surface area contributed by atoms with Crippen molar-refractivity contribution in [3.63, 3.8) is 0 Å². The third kappa shape index (κ3) is 24.3. The predicted octanol–water partition coefficient (Wildman–Crippen LogP) is 4.09.